The average Bonchev–Trinajstić information content (AvgIpc) is 3.18. The van der Waals surface area contributed by atoms with E-state index in [0.717, 1.165) is 25.7 Å². The Morgan fingerprint density at radius 3 is 2.95 bits per heavy atom. The Balaban J connectivity index is 1.75. The topological polar surface area (TPSA) is 73.7 Å². The molecule has 2 fully saturated rings. The number of pyridine rings is 1. The number of likely N-dealkylation sites (tertiary alicyclic amines) is 1. The van der Waals surface area contributed by atoms with Crippen LogP contribution in [0.5, 0.6) is 5.75 Å². The van der Waals surface area contributed by atoms with Crippen molar-refractivity contribution in [2.45, 2.75) is 31.3 Å². The Bertz CT molecular complexity index is 499. The summed E-state index contributed by atoms with van der Waals surface area (Å²) in [6, 6.07) is 3.06. The molecular formula is C14H18N2O3. The number of carbonyl (C=O) groups is 1. The number of nitrogens with zero attached hydrogens (tertiary/aromatic N) is 2. The van der Waals surface area contributed by atoms with E-state index in [2.05, 4.69) is 4.98 Å². The van der Waals surface area contributed by atoms with Gasteiger partial charge in [-0.25, -0.2) is 4.98 Å². The first kappa shape index (κ1) is 12.4. The zero-order chi connectivity index (χ0) is 13.5. The first-order valence-corrected chi connectivity index (χ1v) is 6.76. The molecule has 1 aliphatic heterocycles. The minimum Gasteiger partial charge on any atom is -0.505 e. The maximum Gasteiger partial charge on any atom is 0.276 e. The highest BCUT2D eigenvalue weighted by Crippen LogP contribution is 2.45. The number of aromatic nitrogens is 1. The highest BCUT2D eigenvalue weighted by molar-refractivity contribution is 5.94. The van der Waals surface area contributed by atoms with Crippen LogP contribution >= 0.6 is 0 Å². The smallest absolute Gasteiger partial charge is 0.276 e. The molecule has 19 heavy (non-hydrogen) atoms. The molecular weight excluding hydrogens is 244 g/mol. The molecule has 1 aromatic rings. The van der Waals surface area contributed by atoms with E-state index >= 15 is 0 Å². The van der Waals surface area contributed by atoms with E-state index in [0.29, 0.717) is 13.1 Å². The van der Waals surface area contributed by atoms with Crippen molar-refractivity contribution in [2.75, 3.05) is 13.1 Å². The molecule has 102 valence electrons. The van der Waals surface area contributed by atoms with Crippen LogP contribution in [0, 0.1) is 5.92 Å². The molecule has 5 heteroatoms. The number of amides is 1. The van der Waals surface area contributed by atoms with Crippen LogP contribution in [0.15, 0.2) is 18.3 Å². The summed E-state index contributed by atoms with van der Waals surface area (Å²) < 4.78 is 0. The Hall–Kier alpha value is -1.62. The third kappa shape index (κ3) is 2.30. The molecule has 3 rings (SSSR count). The number of rotatable bonds is 2. The van der Waals surface area contributed by atoms with Gasteiger partial charge in [-0.15, -0.1) is 0 Å². The summed E-state index contributed by atoms with van der Waals surface area (Å²) in [6.07, 6.45) is 5.05. The number of hydrogen-bond acceptors (Lipinski definition) is 4. The van der Waals surface area contributed by atoms with Gasteiger partial charge in [-0.05, 0) is 37.8 Å². The van der Waals surface area contributed by atoms with Crippen LogP contribution in [0.3, 0.4) is 0 Å². The fourth-order valence-electron chi connectivity index (χ4n) is 2.85. The number of aliphatic hydroxyl groups is 1. The van der Waals surface area contributed by atoms with Gasteiger partial charge in [0.05, 0.1) is 5.60 Å². The van der Waals surface area contributed by atoms with Gasteiger partial charge in [0.1, 0.15) is 5.75 Å². The number of carbonyl (C=O) groups excluding carboxylic acids is 1. The van der Waals surface area contributed by atoms with Crippen molar-refractivity contribution in [3.05, 3.63) is 24.0 Å². The number of hydrogen-bond donors (Lipinski definition) is 2. The van der Waals surface area contributed by atoms with Gasteiger partial charge in [-0.2, -0.15) is 0 Å². The second-order valence-electron chi connectivity index (χ2n) is 5.57. The van der Waals surface area contributed by atoms with Crippen LogP contribution in [0.25, 0.3) is 0 Å². The van der Waals surface area contributed by atoms with Gasteiger partial charge >= 0.3 is 0 Å². The van der Waals surface area contributed by atoms with Gasteiger partial charge in [0.25, 0.3) is 5.91 Å². The molecule has 1 atom stereocenters. The van der Waals surface area contributed by atoms with Crippen LogP contribution < -0.4 is 0 Å². The minimum absolute atomic E-state index is 0.0836. The lowest BCUT2D eigenvalue weighted by Gasteiger charge is -2.35. The molecule has 0 spiro atoms. The normalized spacial score (nSPS) is 25.1. The summed E-state index contributed by atoms with van der Waals surface area (Å²) in [4.78, 5) is 18.0. The van der Waals surface area contributed by atoms with Gasteiger partial charge in [-0.1, -0.05) is 0 Å². The third-order valence-corrected chi connectivity index (χ3v) is 4.22. The van der Waals surface area contributed by atoms with Gasteiger partial charge in [-0.3, -0.25) is 4.79 Å². The Labute approximate surface area is 111 Å². The van der Waals surface area contributed by atoms with Crippen LogP contribution in [0.1, 0.15) is 36.2 Å². The van der Waals surface area contributed by atoms with E-state index in [1.807, 2.05) is 0 Å². The van der Waals surface area contributed by atoms with Crippen LogP contribution in [0.2, 0.25) is 0 Å². The van der Waals surface area contributed by atoms with Crippen molar-refractivity contribution in [3.8, 4) is 5.75 Å². The highest BCUT2D eigenvalue weighted by atomic mass is 16.3. The number of aromatic hydroxyl groups is 1. The molecule has 1 unspecified atom stereocenters. The largest absolute Gasteiger partial charge is 0.505 e. The quantitative estimate of drug-likeness (QED) is 0.839. The monoisotopic (exact) mass is 262 g/mol. The summed E-state index contributed by atoms with van der Waals surface area (Å²) in [5, 5.41) is 19.9. The van der Waals surface area contributed by atoms with Crippen molar-refractivity contribution in [3.63, 3.8) is 0 Å². The molecule has 5 nitrogen and oxygen atoms in total. The molecule has 2 heterocycles. The van der Waals surface area contributed by atoms with E-state index in [4.69, 9.17) is 0 Å². The molecule has 1 saturated heterocycles. The maximum atomic E-state index is 12.3. The van der Waals surface area contributed by atoms with E-state index in [-0.39, 0.29) is 23.3 Å². The van der Waals surface area contributed by atoms with Crippen molar-refractivity contribution < 1.29 is 15.0 Å². The van der Waals surface area contributed by atoms with Gasteiger partial charge in [0.2, 0.25) is 0 Å². The number of piperidine rings is 1. The van der Waals surface area contributed by atoms with E-state index < -0.39 is 5.60 Å². The van der Waals surface area contributed by atoms with Gasteiger partial charge in [0, 0.05) is 25.2 Å². The Morgan fingerprint density at radius 1 is 1.47 bits per heavy atom. The van der Waals surface area contributed by atoms with Crippen LogP contribution in [-0.4, -0.2) is 44.7 Å². The van der Waals surface area contributed by atoms with Crippen molar-refractivity contribution in [1.29, 1.82) is 0 Å². The lowest BCUT2D eigenvalue weighted by atomic mass is 9.90. The zero-order valence-corrected chi connectivity index (χ0v) is 10.7. The summed E-state index contributed by atoms with van der Waals surface area (Å²) in [5.41, 5.74) is -0.448. The third-order valence-electron chi connectivity index (χ3n) is 4.22. The van der Waals surface area contributed by atoms with Crippen LogP contribution in [0.4, 0.5) is 0 Å². The van der Waals surface area contributed by atoms with E-state index in [1.165, 1.54) is 12.3 Å². The molecule has 0 bridgehead atoms. The Kier molecular flexibility index (Phi) is 2.93. The lowest BCUT2D eigenvalue weighted by Crippen LogP contribution is -2.44. The molecule has 0 aromatic carbocycles. The summed E-state index contributed by atoms with van der Waals surface area (Å²) in [7, 11) is 0. The average molecular weight is 262 g/mol. The summed E-state index contributed by atoms with van der Waals surface area (Å²) >= 11 is 0. The zero-order valence-electron chi connectivity index (χ0n) is 10.7. The van der Waals surface area contributed by atoms with Gasteiger partial charge < -0.3 is 15.1 Å². The highest BCUT2D eigenvalue weighted by Gasteiger charge is 2.49. The van der Waals surface area contributed by atoms with E-state index in [9.17, 15) is 15.0 Å². The molecule has 1 saturated carbocycles. The first-order valence-electron chi connectivity index (χ1n) is 6.76. The predicted molar refractivity (Wildman–Crippen MR) is 68.7 cm³/mol. The van der Waals surface area contributed by atoms with Crippen LogP contribution in [-0.2, 0) is 0 Å². The standard InChI is InChI=1S/C14H18N2O3/c17-11-4-1-7-15-12(11)13(18)16-8-2-3-10(9-16)14(19)5-6-14/h1,4,7,10,17,19H,2-3,5-6,8-9H2. The van der Waals surface area contributed by atoms with Crippen molar-refractivity contribution in [1.82, 2.24) is 9.88 Å². The van der Waals surface area contributed by atoms with Crippen molar-refractivity contribution in [2.24, 2.45) is 5.92 Å². The van der Waals surface area contributed by atoms with Crippen molar-refractivity contribution >= 4 is 5.91 Å². The minimum atomic E-state index is -0.550. The fourth-order valence-corrected chi connectivity index (χ4v) is 2.85. The second-order valence-corrected chi connectivity index (χ2v) is 5.57. The fraction of sp³-hybridized carbons (Fsp3) is 0.571. The lowest BCUT2D eigenvalue weighted by molar-refractivity contribution is 0.0278. The van der Waals surface area contributed by atoms with Gasteiger partial charge in [0.15, 0.2) is 5.69 Å². The second kappa shape index (κ2) is 4.49. The molecule has 1 amide bonds. The molecule has 0 radical (unpaired) electrons. The summed E-state index contributed by atoms with van der Waals surface area (Å²) in [5.74, 6) is -0.164. The molecule has 1 aromatic heterocycles. The SMILES string of the molecule is O=C(c1ncccc1O)N1CCCC(C2(O)CC2)C1. The molecule has 1 aliphatic carbocycles. The van der Waals surface area contributed by atoms with E-state index in [1.54, 1.807) is 11.0 Å². The maximum absolute atomic E-state index is 12.3. The molecule has 2 aliphatic rings. The predicted octanol–water partition coefficient (Wildman–Crippen LogP) is 1.16. The summed E-state index contributed by atoms with van der Waals surface area (Å²) in [6.45, 7) is 1.23. The Morgan fingerprint density at radius 2 is 2.26 bits per heavy atom. The first-order chi connectivity index (χ1) is 9.10. The molecule has 2 N–H and O–H groups in total.